The molecule has 18 heavy (non-hydrogen) atoms. The summed E-state index contributed by atoms with van der Waals surface area (Å²) in [6.45, 7) is 4.28. The second-order valence-electron chi connectivity index (χ2n) is 4.36. The highest BCUT2D eigenvalue weighted by atomic mass is 35.5. The lowest BCUT2D eigenvalue weighted by Crippen LogP contribution is -2.29. The van der Waals surface area contributed by atoms with Gasteiger partial charge in [-0.1, -0.05) is 0 Å². The molecule has 0 unspecified atom stereocenters. The molecule has 4 nitrogen and oxygen atoms in total. The maximum Gasteiger partial charge on any atom is 0.177 e. The van der Waals surface area contributed by atoms with Crippen molar-refractivity contribution in [2.75, 3.05) is 13.1 Å². The van der Waals surface area contributed by atoms with Gasteiger partial charge in [0.1, 0.15) is 5.82 Å². The Morgan fingerprint density at radius 2 is 2.00 bits per heavy atom. The van der Waals surface area contributed by atoms with Crippen LogP contribution in [0.5, 0.6) is 0 Å². The summed E-state index contributed by atoms with van der Waals surface area (Å²) in [6.07, 6.45) is 4.17. The molecule has 1 N–H and O–H groups in total. The van der Waals surface area contributed by atoms with Crippen molar-refractivity contribution < 1.29 is 0 Å². The summed E-state index contributed by atoms with van der Waals surface area (Å²) in [5, 5.41) is 3.39. The molecule has 6 heteroatoms. The van der Waals surface area contributed by atoms with E-state index in [4.69, 9.17) is 0 Å². The third-order valence-corrected chi connectivity index (χ3v) is 3.32. The molecule has 0 bridgehead atoms. The third kappa shape index (κ3) is 2.60. The van der Waals surface area contributed by atoms with E-state index in [2.05, 4.69) is 32.8 Å². The van der Waals surface area contributed by atoms with E-state index in [1.54, 1.807) is 0 Å². The fraction of sp³-hybridized carbons (Fsp3) is 0.500. The minimum Gasteiger partial charge on any atom is -0.324 e. The molecule has 3 rings (SSSR count). The molecule has 0 saturated carbocycles. The van der Waals surface area contributed by atoms with Crippen LogP contribution in [0, 0.1) is 6.92 Å². The zero-order valence-corrected chi connectivity index (χ0v) is 11.9. The van der Waals surface area contributed by atoms with Crippen molar-refractivity contribution in [2.45, 2.75) is 25.8 Å². The zero-order chi connectivity index (χ0) is 11.0. The van der Waals surface area contributed by atoms with Gasteiger partial charge in [-0.3, -0.25) is 0 Å². The average Bonchev–Trinajstić information content (AvgIpc) is 2.66. The molecule has 100 valence electrons. The summed E-state index contributed by atoms with van der Waals surface area (Å²) in [5.41, 5.74) is 2.05. The van der Waals surface area contributed by atoms with E-state index in [-0.39, 0.29) is 24.8 Å². The lowest BCUT2D eigenvalue weighted by molar-refractivity contribution is 0.370. The Kier molecular flexibility index (Phi) is 5.38. The highest BCUT2D eigenvalue weighted by Crippen LogP contribution is 2.25. The number of halogens is 2. The van der Waals surface area contributed by atoms with Crippen molar-refractivity contribution in [1.82, 2.24) is 19.9 Å². The highest BCUT2D eigenvalue weighted by molar-refractivity contribution is 5.85. The van der Waals surface area contributed by atoms with Crippen LogP contribution in [0.1, 0.15) is 24.7 Å². The summed E-state index contributed by atoms with van der Waals surface area (Å²) in [7, 11) is 0. The van der Waals surface area contributed by atoms with E-state index in [1.807, 2.05) is 12.3 Å². The SMILES string of the molecule is Cc1nc2ncccc2n1C1CCNCC1.Cl.Cl. The van der Waals surface area contributed by atoms with Gasteiger partial charge in [-0.25, -0.2) is 9.97 Å². The molecule has 0 radical (unpaired) electrons. The van der Waals surface area contributed by atoms with Crippen LogP contribution in [0.15, 0.2) is 18.3 Å². The number of nitrogens with zero attached hydrogens (tertiary/aromatic N) is 3. The fourth-order valence-corrected chi connectivity index (χ4v) is 2.57. The van der Waals surface area contributed by atoms with Crippen LogP contribution in [-0.2, 0) is 0 Å². The van der Waals surface area contributed by atoms with Crippen LogP contribution < -0.4 is 5.32 Å². The number of hydrogen-bond donors (Lipinski definition) is 1. The Morgan fingerprint density at radius 1 is 1.28 bits per heavy atom. The number of imidazole rings is 1. The quantitative estimate of drug-likeness (QED) is 0.877. The van der Waals surface area contributed by atoms with Gasteiger partial charge in [-0.05, 0) is 45.0 Å². The summed E-state index contributed by atoms with van der Waals surface area (Å²) >= 11 is 0. The lowest BCUT2D eigenvalue weighted by atomic mass is 10.1. The molecule has 0 aliphatic carbocycles. The summed E-state index contributed by atoms with van der Waals surface area (Å²) in [6, 6.07) is 4.68. The Hall–Kier alpha value is -0.840. The number of fused-ring (bicyclic) bond motifs is 1. The predicted octanol–water partition coefficient (Wildman–Crippen LogP) is 2.51. The summed E-state index contributed by atoms with van der Waals surface area (Å²) in [5.74, 6) is 1.08. The van der Waals surface area contributed by atoms with Crippen LogP contribution in [-0.4, -0.2) is 27.6 Å². The summed E-state index contributed by atoms with van der Waals surface area (Å²) in [4.78, 5) is 8.83. The normalized spacial score (nSPS) is 16.1. The van der Waals surface area contributed by atoms with Gasteiger partial charge in [-0.15, -0.1) is 24.8 Å². The molecule has 1 aliphatic rings. The van der Waals surface area contributed by atoms with Gasteiger partial charge in [0.15, 0.2) is 5.65 Å². The molecular weight excluding hydrogens is 271 g/mol. The minimum absolute atomic E-state index is 0. The van der Waals surface area contributed by atoms with Crippen LogP contribution in [0.3, 0.4) is 0 Å². The zero-order valence-electron chi connectivity index (χ0n) is 10.3. The number of nitrogens with one attached hydrogen (secondary N) is 1. The topological polar surface area (TPSA) is 42.7 Å². The van der Waals surface area contributed by atoms with Crippen LogP contribution in [0.4, 0.5) is 0 Å². The second kappa shape index (κ2) is 6.36. The van der Waals surface area contributed by atoms with Crippen molar-refractivity contribution in [3.05, 3.63) is 24.2 Å². The number of aryl methyl sites for hydroxylation is 1. The molecule has 1 saturated heterocycles. The van der Waals surface area contributed by atoms with E-state index in [9.17, 15) is 0 Å². The monoisotopic (exact) mass is 288 g/mol. The number of rotatable bonds is 1. The molecule has 3 heterocycles. The average molecular weight is 289 g/mol. The van der Waals surface area contributed by atoms with Gasteiger partial charge >= 0.3 is 0 Å². The lowest BCUT2D eigenvalue weighted by Gasteiger charge is -2.25. The largest absolute Gasteiger partial charge is 0.324 e. The predicted molar refractivity (Wildman–Crippen MR) is 77.9 cm³/mol. The van der Waals surface area contributed by atoms with E-state index < -0.39 is 0 Å². The smallest absolute Gasteiger partial charge is 0.177 e. The van der Waals surface area contributed by atoms with Gasteiger partial charge in [-0.2, -0.15) is 0 Å². The Labute approximate surface area is 119 Å². The third-order valence-electron chi connectivity index (χ3n) is 3.32. The summed E-state index contributed by atoms with van der Waals surface area (Å²) < 4.78 is 2.35. The molecule has 0 aromatic carbocycles. The Morgan fingerprint density at radius 3 is 2.72 bits per heavy atom. The maximum absolute atomic E-state index is 4.52. The van der Waals surface area contributed by atoms with Crippen molar-refractivity contribution in [2.24, 2.45) is 0 Å². The van der Waals surface area contributed by atoms with E-state index in [1.165, 1.54) is 18.4 Å². The molecule has 1 fully saturated rings. The highest BCUT2D eigenvalue weighted by Gasteiger charge is 2.19. The molecular formula is C12H18Cl2N4. The Bertz CT molecular complexity index is 506. The van der Waals surface area contributed by atoms with Gasteiger partial charge in [0, 0.05) is 12.2 Å². The maximum atomic E-state index is 4.52. The van der Waals surface area contributed by atoms with Gasteiger partial charge in [0.2, 0.25) is 0 Å². The molecule has 0 atom stereocenters. The van der Waals surface area contributed by atoms with Crippen LogP contribution in [0.25, 0.3) is 11.2 Å². The number of pyridine rings is 1. The van der Waals surface area contributed by atoms with Gasteiger partial charge in [0.25, 0.3) is 0 Å². The van der Waals surface area contributed by atoms with Gasteiger partial charge < -0.3 is 9.88 Å². The van der Waals surface area contributed by atoms with Crippen molar-refractivity contribution in [1.29, 1.82) is 0 Å². The first-order valence-electron chi connectivity index (χ1n) is 5.86. The van der Waals surface area contributed by atoms with Crippen molar-refractivity contribution in [3.63, 3.8) is 0 Å². The molecule has 2 aromatic heterocycles. The molecule has 0 amide bonds. The van der Waals surface area contributed by atoms with E-state index in [0.29, 0.717) is 6.04 Å². The van der Waals surface area contributed by atoms with E-state index in [0.717, 1.165) is 24.6 Å². The van der Waals surface area contributed by atoms with Crippen LogP contribution >= 0.6 is 24.8 Å². The molecule has 0 spiro atoms. The van der Waals surface area contributed by atoms with Gasteiger partial charge in [0.05, 0.1) is 5.52 Å². The number of hydrogen-bond acceptors (Lipinski definition) is 3. The number of piperidine rings is 1. The van der Waals surface area contributed by atoms with Crippen molar-refractivity contribution >= 4 is 36.0 Å². The Balaban J connectivity index is 0.000000810. The van der Waals surface area contributed by atoms with Crippen molar-refractivity contribution in [3.8, 4) is 0 Å². The van der Waals surface area contributed by atoms with E-state index >= 15 is 0 Å². The standard InChI is InChI=1S/C12H16N4.2ClH/c1-9-15-12-11(3-2-6-14-12)16(9)10-4-7-13-8-5-10;;/h2-3,6,10,13H,4-5,7-8H2,1H3;2*1H. The minimum atomic E-state index is 0. The molecule has 1 aliphatic heterocycles. The first-order valence-corrected chi connectivity index (χ1v) is 5.86. The second-order valence-corrected chi connectivity index (χ2v) is 4.36. The fourth-order valence-electron chi connectivity index (χ4n) is 2.57. The molecule has 2 aromatic rings. The first-order chi connectivity index (χ1) is 7.86. The first kappa shape index (κ1) is 15.2. The number of aromatic nitrogens is 3. The van der Waals surface area contributed by atoms with Crippen LogP contribution in [0.2, 0.25) is 0 Å².